The first-order chi connectivity index (χ1) is 51.4. The van der Waals surface area contributed by atoms with Crippen molar-refractivity contribution in [1.29, 1.82) is 0 Å². The molecule has 4 aromatic carbocycles. The van der Waals surface area contributed by atoms with Crippen LogP contribution in [-0.2, 0) is 42.2 Å². The van der Waals surface area contributed by atoms with E-state index in [1.165, 1.54) is 40.3 Å². The second-order valence-electron chi connectivity index (χ2n) is 25.4. The zero-order chi connectivity index (χ0) is 75.2. The number of nitrogens with two attached hydrogens (primary N) is 1. The first-order valence-electron chi connectivity index (χ1n) is 35.0. The summed E-state index contributed by atoms with van der Waals surface area (Å²) >= 11 is 13.1. The molecule has 1 amide bonds. The number of likely N-dealkylation sites (N-methyl/N-ethyl adjacent to an activating group) is 1. The van der Waals surface area contributed by atoms with Crippen LogP contribution in [-0.4, -0.2) is 186 Å². The summed E-state index contributed by atoms with van der Waals surface area (Å²) in [6.07, 6.45) is 12.4. The van der Waals surface area contributed by atoms with Crippen molar-refractivity contribution in [2.45, 2.75) is 89.6 Å². The van der Waals surface area contributed by atoms with Crippen molar-refractivity contribution in [3.05, 3.63) is 238 Å². The fourth-order valence-corrected chi connectivity index (χ4v) is 13.3. The number of fused-ring (bicyclic) bond motifs is 4. The van der Waals surface area contributed by atoms with Gasteiger partial charge in [-0.2, -0.15) is 19.9 Å². The summed E-state index contributed by atoms with van der Waals surface area (Å²) in [6.45, 7) is 17.5. The monoisotopic (exact) mass is 1580 g/mol. The first kappa shape index (κ1) is 78.8. The largest absolute Gasteiger partial charge is 0.478 e. The van der Waals surface area contributed by atoms with Crippen LogP contribution in [0.3, 0.4) is 0 Å². The molecule has 0 bridgehead atoms. The predicted molar refractivity (Wildman–Crippen MR) is 426 cm³/mol. The molecule has 0 aliphatic carbocycles. The summed E-state index contributed by atoms with van der Waals surface area (Å²) in [7, 11) is 3.20. The Hall–Kier alpha value is -9.81. The average Bonchev–Trinajstić information content (AvgIpc) is 1.64. The standard InChI is InChI=1S/C21H23N5O2.C19H22N4O.C17H17BrN4O.C13H9BrClN3.C4H9NO.C3H4O2.CH5N/c1-3-19(28)24(2)16-11-18-20(22-12-16)23-21(25-10-9-17(27)14-25)26(18)13-15-7-5-4-6-8-15;1-2-14-10-17-18(20-11-14)21-19(22-9-8-16(24)13-22)23(17)12-15-6-4-3-5-7-15;18-13-8-15-16(19-9-13)20-17(21-7-6-14(23)11-21)22(15)10-12-4-2-1-3-5-12;14-10-6-11-12(16-7-10)17-13(15)18(11)8-9-4-2-1-3-5-9;6-4-1-2-5-3-4;1-2-3(4)5;1-2/h3-8,11-12,17,27H,1,9-10,13-14H2,2H3;3-7,10-11,16,24H,2,8-9,12-13H2,1H3;1-5,8-9,14,23H,6-7,10-11H2;1-7H,8H2;4-6H,1-3H2;2H,1H2,(H,4,5);2H2,1H3/t17-;16-;14-;;4-;;/m111.1../s1. The number of hydrogen-bond acceptors (Lipinski definition) is 19. The number of carbonyl (C=O) groups excluding carboxylic acids is 1. The molecule has 0 spiro atoms. The van der Waals surface area contributed by atoms with Crippen molar-refractivity contribution >= 4 is 124 Å². The number of nitrogens with zero attached hydrogens (tertiary/aromatic N) is 16. The number of aliphatic hydroxyl groups excluding tert-OH is 4. The van der Waals surface area contributed by atoms with Crippen LogP contribution in [0.2, 0.25) is 5.28 Å². The van der Waals surface area contributed by atoms with Gasteiger partial charge in [0.25, 0.3) is 0 Å². The van der Waals surface area contributed by atoms with Gasteiger partial charge in [0.1, 0.15) is 0 Å². The first-order valence-corrected chi connectivity index (χ1v) is 37.0. The lowest BCUT2D eigenvalue weighted by Gasteiger charge is -2.19. The molecule has 554 valence electrons. The van der Waals surface area contributed by atoms with Gasteiger partial charge in [-0.1, -0.05) is 141 Å². The maximum atomic E-state index is 12.0. The number of aromatic nitrogens is 12. The molecule has 4 aliphatic heterocycles. The fourth-order valence-electron chi connectivity index (χ4n) is 12.4. The van der Waals surface area contributed by atoms with Gasteiger partial charge in [-0.25, -0.2) is 24.7 Å². The smallest absolute Gasteiger partial charge is 0.327 e. The summed E-state index contributed by atoms with van der Waals surface area (Å²) in [5.74, 6) is 1.40. The fraction of sp³-hybridized carbons (Fsp3) is 0.308. The maximum absolute atomic E-state index is 12.0. The number of amides is 1. The van der Waals surface area contributed by atoms with Gasteiger partial charge in [-0.3, -0.25) is 4.79 Å². The molecule has 0 radical (unpaired) electrons. The lowest BCUT2D eigenvalue weighted by molar-refractivity contribution is -0.131. The number of aliphatic carboxylic acids is 1. The van der Waals surface area contributed by atoms with Gasteiger partial charge < -0.3 is 74.5 Å². The maximum Gasteiger partial charge on any atom is 0.327 e. The number of carboxylic acids is 1. The Kier molecular flexibility index (Phi) is 28.6. The summed E-state index contributed by atoms with van der Waals surface area (Å²) in [5.41, 5.74) is 17.8. The molecule has 4 atom stereocenters. The van der Waals surface area contributed by atoms with Crippen LogP contribution >= 0.6 is 43.5 Å². The minimum atomic E-state index is -0.981. The van der Waals surface area contributed by atoms with Gasteiger partial charge >= 0.3 is 5.97 Å². The number of rotatable bonds is 15. The van der Waals surface area contributed by atoms with E-state index in [0.717, 1.165) is 150 Å². The number of carbonyl (C=O) groups is 2. The third-order valence-corrected chi connectivity index (χ3v) is 19.0. The highest BCUT2D eigenvalue weighted by Crippen LogP contribution is 2.32. The van der Waals surface area contributed by atoms with Crippen molar-refractivity contribution in [1.82, 2.24) is 63.5 Å². The molecular formula is C78H89Br2ClN18O7. The molecule has 4 fully saturated rings. The molecule has 4 saturated heterocycles. The van der Waals surface area contributed by atoms with Crippen LogP contribution < -0.4 is 30.7 Å². The summed E-state index contributed by atoms with van der Waals surface area (Å²) in [4.78, 5) is 65.3. The van der Waals surface area contributed by atoms with Crippen LogP contribution in [0.4, 0.5) is 23.5 Å². The highest BCUT2D eigenvalue weighted by Gasteiger charge is 2.29. The van der Waals surface area contributed by atoms with E-state index in [9.17, 15) is 24.9 Å². The highest BCUT2D eigenvalue weighted by molar-refractivity contribution is 9.10. The Labute approximate surface area is 637 Å². The third-order valence-electron chi connectivity index (χ3n) is 17.9. The van der Waals surface area contributed by atoms with Gasteiger partial charge in [0.15, 0.2) is 22.6 Å². The number of imidazole rings is 4. The molecule has 4 aliphatic rings. The normalized spacial score (nSPS) is 16.5. The zero-order valence-corrected chi connectivity index (χ0v) is 63.4. The highest BCUT2D eigenvalue weighted by atomic mass is 79.9. The molecule has 28 heteroatoms. The molecule has 8 aromatic heterocycles. The van der Waals surface area contributed by atoms with Gasteiger partial charge in [-0.15, -0.1) is 0 Å². The van der Waals surface area contributed by atoms with Crippen molar-refractivity contribution in [3.8, 4) is 0 Å². The Morgan fingerprint density at radius 1 is 0.519 bits per heavy atom. The van der Waals surface area contributed by atoms with E-state index >= 15 is 0 Å². The topological polar surface area (TPSA) is 309 Å². The van der Waals surface area contributed by atoms with Crippen LogP contribution in [0.1, 0.15) is 60.4 Å². The number of carboxylic acid groups (broad SMARTS) is 1. The number of benzene rings is 4. The summed E-state index contributed by atoms with van der Waals surface area (Å²) in [5, 5.41) is 49.5. The SMILES string of the molecule is C=CC(=O)N(C)c1cnc2nc(N3CC[C@@H](O)C3)n(Cc3ccccc3)c2c1.C=CC(=O)O.CCc1cnc2nc(N3CC[C@@H](O)C3)n(Cc3ccccc3)c2c1.CN.Clc1nc2ncc(Br)cc2n1Cc1ccccc1.O[C@@H]1CCN(c2nc3ncc(Br)cc3n2Cc2ccccc2)C1.O[C@@H]1CCNC1. The van der Waals surface area contributed by atoms with E-state index in [0.29, 0.717) is 55.0 Å². The van der Waals surface area contributed by atoms with Gasteiger partial charge in [0.2, 0.25) is 29.0 Å². The van der Waals surface area contributed by atoms with Crippen LogP contribution in [0.25, 0.3) is 44.7 Å². The van der Waals surface area contributed by atoms with Crippen molar-refractivity contribution in [2.75, 3.05) is 86.1 Å². The van der Waals surface area contributed by atoms with Gasteiger partial charge in [0, 0.05) is 86.5 Å². The number of hydrogen-bond donors (Lipinski definition) is 7. The number of anilines is 4. The average molecular weight is 1590 g/mol. The predicted octanol–water partition coefficient (Wildman–Crippen LogP) is 10.7. The molecule has 0 saturated carbocycles. The number of aryl methyl sites for hydroxylation is 1. The molecule has 25 nitrogen and oxygen atoms in total. The Morgan fingerprint density at radius 2 is 0.877 bits per heavy atom. The molecule has 0 unspecified atom stereocenters. The number of nitrogens with one attached hydrogen (secondary N) is 1. The van der Waals surface area contributed by atoms with Crippen LogP contribution in [0.15, 0.2) is 205 Å². The van der Waals surface area contributed by atoms with E-state index in [-0.39, 0.29) is 30.3 Å². The lowest BCUT2D eigenvalue weighted by atomic mass is 10.2. The summed E-state index contributed by atoms with van der Waals surface area (Å²) < 4.78 is 10.3. The van der Waals surface area contributed by atoms with Crippen molar-refractivity contribution in [3.63, 3.8) is 0 Å². The Morgan fingerprint density at radius 3 is 1.22 bits per heavy atom. The second kappa shape index (κ2) is 38.5. The molecule has 12 aromatic rings. The van der Waals surface area contributed by atoms with Crippen LogP contribution in [0, 0.1) is 0 Å². The third kappa shape index (κ3) is 20.8. The van der Waals surface area contributed by atoms with Crippen molar-refractivity contribution in [2.24, 2.45) is 5.73 Å². The second-order valence-corrected chi connectivity index (χ2v) is 27.6. The molecule has 12 heterocycles. The van der Waals surface area contributed by atoms with E-state index in [4.69, 9.17) is 36.8 Å². The molecule has 16 rings (SSSR count). The minimum absolute atomic E-state index is 0.0648. The zero-order valence-electron chi connectivity index (χ0n) is 59.5. The molecular weight excluding hydrogens is 1500 g/mol. The van der Waals surface area contributed by atoms with E-state index < -0.39 is 5.97 Å². The van der Waals surface area contributed by atoms with Gasteiger partial charge in [0.05, 0.1) is 84.5 Å². The number of halogens is 3. The van der Waals surface area contributed by atoms with E-state index in [1.54, 1.807) is 25.6 Å². The summed E-state index contributed by atoms with van der Waals surface area (Å²) in [6, 6.07) is 49.2. The van der Waals surface area contributed by atoms with E-state index in [1.807, 2.05) is 89.6 Å². The van der Waals surface area contributed by atoms with E-state index in [2.05, 4.69) is 183 Å². The molecule has 8 N–H and O–H groups in total. The minimum Gasteiger partial charge on any atom is -0.478 e. The van der Waals surface area contributed by atoms with Crippen LogP contribution in [0.5, 0.6) is 0 Å². The van der Waals surface area contributed by atoms with Crippen molar-refractivity contribution < 1.29 is 35.1 Å². The number of pyridine rings is 4. The Bertz CT molecular complexity index is 4850. The number of β-amino-alcohol motifs (C(OH)–C–C–N with tert-alkyl or cyclic N) is 4. The number of aliphatic hydroxyl groups is 4. The lowest BCUT2D eigenvalue weighted by Crippen LogP contribution is -2.25. The Balaban J connectivity index is 0.000000144. The van der Waals surface area contributed by atoms with Gasteiger partial charge in [-0.05, 0) is 147 Å². The molecule has 106 heavy (non-hydrogen) atoms. The quantitative estimate of drug-likeness (QED) is 0.0469.